The Morgan fingerprint density at radius 3 is 2.07 bits per heavy atom. The number of nitrogens with zero attached hydrogens (tertiary/aromatic N) is 3. The van der Waals surface area contributed by atoms with Crippen molar-refractivity contribution in [1.82, 2.24) is 9.97 Å². The van der Waals surface area contributed by atoms with Gasteiger partial charge >= 0.3 is 5.97 Å². The number of aliphatic carboxylic acids is 1. The summed E-state index contributed by atoms with van der Waals surface area (Å²) in [5.74, 6) is 1.37. The Kier molecular flexibility index (Phi) is 18.3. The fraction of sp³-hybridized carbons (Fsp3) is 0.629. The normalized spacial score (nSPS) is 12.5. The second-order valence-corrected chi connectivity index (χ2v) is 12.7. The van der Waals surface area contributed by atoms with Crippen molar-refractivity contribution in [2.24, 2.45) is 5.41 Å². The Morgan fingerprint density at radius 2 is 1.63 bits per heavy atom. The topological polar surface area (TPSA) is 97.9 Å². The second kappa shape index (κ2) is 19.8. The van der Waals surface area contributed by atoms with E-state index in [1.807, 2.05) is 59.7 Å². The molecule has 0 amide bonds. The zero-order valence-corrected chi connectivity index (χ0v) is 28.8. The first-order valence-electron chi connectivity index (χ1n) is 15.4. The summed E-state index contributed by atoms with van der Waals surface area (Å²) in [5.41, 5.74) is 2.99. The zero-order chi connectivity index (χ0) is 33.2. The van der Waals surface area contributed by atoms with E-state index in [-0.39, 0.29) is 12.0 Å². The summed E-state index contributed by atoms with van der Waals surface area (Å²) in [6.07, 6.45) is 9.50. The third kappa shape index (κ3) is 16.8. The maximum atomic E-state index is 9.79. The predicted octanol–water partition coefficient (Wildman–Crippen LogP) is 9.07. The van der Waals surface area contributed by atoms with Crippen LogP contribution < -0.4 is 4.90 Å². The molecule has 1 aliphatic rings. The van der Waals surface area contributed by atoms with Gasteiger partial charge in [-0.05, 0) is 58.1 Å². The summed E-state index contributed by atoms with van der Waals surface area (Å²) in [4.78, 5) is 21.7. The van der Waals surface area contributed by atoms with Gasteiger partial charge in [0.2, 0.25) is 0 Å². The van der Waals surface area contributed by atoms with Crippen LogP contribution in [0.4, 0.5) is 5.82 Å². The van der Waals surface area contributed by atoms with Crippen LogP contribution in [0.1, 0.15) is 114 Å². The lowest BCUT2D eigenvalue weighted by atomic mass is 10.0. The minimum Gasteiger partial charge on any atom is -0.481 e. The number of carbonyl (C=O) groups is 1. The van der Waals surface area contributed by atoms with Gasteiger partial charge in [0.1, 0.15) is 28.6 Å². The van der Waals surface area contributed by atoms with Crippen LogP contribution in [-0.4, -0.2) is 52.9 Å². The Labute approximate surface area is 260 Å². The van der Waals surface area contributed by atoms with Crippen molar-refractivity contribution in [3.63, 3.8) is 0 Å². The number of carboxylic acid groups (broad SMARTS) is 1. The molecule has 3 heterocycles. The largest absolute Gasteiger partial charge is 0.481 e. The number of hydrogen-bond donors (Lipinski definition) is 1. The lowest BCUT2D eigenvalue weighted by Gasteiger charge is -2.17. The molecule has 4 rings (SSSR count). The molecular weight excluding hydrogens is 542 g/mol. The third-order valence-corrected chi connectivity index (χ3v) is 5.17. The number of hydrogen-bond acceptors (Lipinski definition) is 7. The predicted molar refractivity (Wildman–Crippen MR) is 180 cm³/mol. The Hall–Kier alpha value is -3.31. The Bertz CT molecular complexity index is 1230. The number of terminal acetylenes is 1. The molecule has 1 N–H and O–H groups in total. The minimum atomic E-state index is -0.807. The van der Waals surface area contributed by atoms with E-state index in [4.69, 9.17) is 35.4 Å². The van der Waals surface area contributed by atoms with Crippen LogP contribution in [0.15, 0.2) is 28.7 Å². The molecule has 1 aromatic carbocycles. The third-order valence-electron chi connectivity index (χ3n) is 5.17. The van der Waals surface area contributed by atoms with Gasteiger partial charge in [-0.15, -0.1) is 0 Å². The zero-order valence-electron chi connectivity index (χ0n) is 28.8. The number of furan rings is 1. The monoisotopic (exact) mass is 599 g/mol. The summed E-state index contributed by atoms with van der Waals surface area (Å²) in [5, 5.41) is 9.14. The molecule has 2 aromatic heterocycles. The van der Waals surface area contributed by atoms with Crippen molar-refractivity contribution in [1.29, 1.82) is 0 Å². The molecule has 1 aliphatic heterocycles. The first-order chi connectivity index (χ1) is 20.1. The van der Waals surface area contributed by atoms with Gasteiger partial charge in [-0.3, -0.25) is 4.79 Å². The second-order valence-electron chi connectivity index (χ2n) is 12.7. The highest BCUT2D eigenvalue weighted by molar-refractivity contribution is 6.05. The van der Waals surface area contributed by atoms with Gasteiger partial charge < -0.3 is 23.9 Å². The average molecular weight is 600 g/mol. The number of para-hydroxylation sites is 1. The molecule has 0 radical (unpaired) electrons. The lowest BCUT2D eigenvalue weighted by molar-refractivity contribution is -0.138. The number of ether oxygens (including phenoxy) is 2. The van der Waals surface area contributed by atoms with Crippen molar-refractivity contribution in [3.8, 4) is 12.5 Å². The highest BCUT2D eigenvalue weighted by Crippen LogP contribution is 2.35. The number of benzene rings is 1. The van der Waals surface area contributed by atoms with E-state index < -0.39 is 5.97 Å². The average Bonchev–Trinajstić information content (AvgIpc) is 3.57. The summed E-state index contributed by atoms with van der Waals surface area (Å²) < 4.78 is 15.6. The van der Waals surface area contributed by atoms with E-state index >= 15 is 0 Å². The van der Waals surface area contributed by atoms with Crippen LogP contribution in [0.25, 0.3) is 22.1 Å². The SMILES string of the molecule is C#COC(C)(C)C.CC.CC(C)(C)C.CC(C)c1nc(N2CCCC2)c2oc3ccccc3c2n1.CCOCCC(=O)O. The molecule has 1 fully saturated rings. The minimum absolute atomic E-state index is 0.105. The highest BCUT2D eigenvalue weighted by Gasteiger charge is 2.23. The van der Waals surface area contributed by atoms with E-state index in [0.29, 0.717) is 24.5 Å². The van der Waals surface area contributed by atoms with Gasteiger partial charge in [0, 0.05) is 31.0 Å². The molecule has 8 nitrogen and oxygen atoms in total. The summed E-state index contributed by atoms with van der Waals surface area (Å²) in [7, 11) is 0. The van der Waals surface area contributed by atoms with Crippen molar-refractivity contribution in [2.45, 2.75) is 114 Å². The van der Waals surface area contributed by atoms with E-state index in [9.17, 15) is 4.79 Å². The fourth-order valence-electron chi connectivity index (χ4n) is 3.48. The molecule has 0 atom stereocenters. The van der Waals surface area contributed by atoms with Crippen molar-refractivity contribution >= 4 is 33.9 Å². The standard InChI is InChI=1S/C17H19N3O.C6H10O.C5H10O3.C5H12.C2H6/c1-11(2)16-18-14-12-7-3-4-8-13(12)21-15(14)17(19-16)20-9-5-6-10-20;1-5-7-6(2,3)4;1-2-8-4-3-5(6)7;1-5(2,3)4;1-2/h3-4,7-8,11H,5-6,9-10H2,1-2H3;1H,2-4H3;2-4H2,1H3,(H,6,7);1-4H3;1-2H3. The van der Waals surface area contributed by atoms with Gasteiger partial charge in [-0.25, -0.2) is 9.97 Å². The molecule has 43 heavy (non-hydrogen) atoms. The lowest BCUT2D eigenvalue weighted by Crippen LogP contribution is -2.20. The van der Waals surface area contributed by atoms with Crippen molar-refractivity contribution in [2.75, 3.05) is 31.2 Å². The highest BCUT2D eigenvalue weighted by atomic mass is 16.5. The number of fused-ring (bicyclic) bond motifs is 3. The van der Waals surface area contributed by atoms with E-state index in [1.54, 1.807) is 0 Å². The molecule has 0 spiro atoms. The van der Waals surface area contributed by atoms with E-state index in [2.05, 4.69) is 58.6 Å². The Morgan fingerprint density at radius 1 is 1.07 bits per heavy atom. The molecule has 242 valence electrons. The summed E-state index contributed by atoms with van der Waals surface area (Å²) >= 11 is 0. The quantitative estimate of drug-likeness (QED) is 0.221. The summed E-state index contributed by atoms with van der Waals surface area (Å²) in [6, 6.07) is 8.10. The van der Waals surface area contributed by atoms with E-state index in [0.717, 1.165) is 46.8 Å². The first-order valence-corrected chi connectivity index (χ1v) is 15.4. The maximum absolute atomic E-state index is 9.79. The van der Waals surface area contributed by atoms with Gasteiger partial charge in [0.05, 0.1) is 13.0 Å². The number of aromatic nitrogens is 2. The summed E-state index contributed by atoms with van der Waals surface area (Å²) in [6.45, 7) is 27.6. The molecule has 0 unspecified atom stereocenters. The van der Waals surface area contributed by atoms with Gasteiger partial charge in [0.15, 0.2) is 11.4 Å². The van der Waals surface area contributed by atoms with Crippen LogP contribution in [0, 0.1) is 17.9 Å². The number of carboxylic acids is 1. The smallest absolute Gasteiger partial charge is 0.305 e. The molecule has 0 aliphatic carbocycles. The van der Waals surface area contributed by atoms with Crippen LogP contribution in [0.5, 0.6) is 0 Å². The first kappa shape index (κ1) is 39.7. The van der Waals surface area contributed by atoms with E-state index in [1.165, 1.54) is 12.8 Å². The van der Waals surface area contributed by atoms with Crippen LogP contribution in [0.3, 0.4) is 0 Å². The number of anilines is 1. The van der Waals surface area contributed by atoms with Gasteiger partial charge in [0.25, 0.3) is 0 Å². The van der Waals surface area contributed by atoms with Crippen LogP contribution in [-0.2, 0) is 14.3 Å². The molecule has 8 heteroatoms. The molecule has 1 saturated heterocycles. The maximum Gasteiger partial charge on any atom is 0.305 e. The molecule has 3 aromatic rings. The van der Waals surface area contributed by atoms with Crippen LogP contribution >= 0.6 is 0 Å². The van der Waals surface area contributed by atoms with Gasteiger partial charge in [-0.2, -0.15) is 0 Å². The van der Waals surface area contributed by atoms with Crippen LogP contribution in [0.2, 0.25) is 0 Å². The Balaban J connectivity index is 0.000000667. The van der Waals surface area contributed by atoms with Crippen molar-refractivity contribution in [3.05, 3.63) is 30.1 Å². The van der Waals surface area contributed by atoms with Crippen molar-refractivity contribution < 1.29 is 23.8 Å². The number of rotatable bonds is 6. The fourth-order valence-corrected chi connectivity index (χ4v) is 3.48. The molecule has 0 saturated carbocycles. The molecular formula is C35H57N3O5. The molecule has 0 bridgehead atoms. The van der Waals surface area contributed by atoms with Gasteiger partial charge in [-0.1, -0.05) is 73.9 Å².